The molecule has 0 aliphatic rings. The van der Waals surface area contributed by atoms with Crippen LogP contribution in [0, 0.1) is 0 Å². The van der Waals surface area contributed by atoms with Gasteiger partial charge in [0.1, 0.15) is 0 Å². The predicted octanol–water partition coefficient (Wildman–Crippen LogP) is 1.43. The van der Waals surface area contributed by atoms with Gasteiger partial charge in [0.25, 0.3) is 0 Å². The van der Waals surface area contributed by atoms with Crippen LogP contribution in [-0.2, 0) is 9.47 Å². The first-order valence-corrected chi connectivity index (χ1v) is 4.07. The van der Waals surface area contributed by atoms with Crippen molar-refractivity contribution >= 4 is 22.6 Å². The molecule has 0 aliphatic carbocycles. The molecule has 0 fully saturated rings. The van der Waals surface area contributed by atoms with E-state index in [1.165, 1.54) is 0 Å². The second-order valence-electron chi connectivity index (χ2n) is 1.36. The Bertz CT molecular complexity index is 35.4. The molecule has 0 spiro atoms. The standard InChI is InChI=1S/C5H11IO2/c1-7-3-2-4-8-5-6/h2-5H2,1H3. The number of methoxy groups -OCH3 is 1. The molecule has 0 aromatic heterocycles. The van der Waals surface area contributed by atoms with Gasteiger partial charge in [0.15, 0.2) is 0 Å². The third kappa shape index (κ3) is 6.65. The second-order valence-corrected chi connectivity index (χ2v) is 1.99. The maximum absolute atomic E-state index is 5.04. The highest BCUT2D eigenvalue weighted by molar-refractivity contribution is 14.1. The summed E-state index contributed by atoms with van der Waals surface area (Å²) in [4.78, 5) is 0. The van der Waals surface area contributed by atoms with Crippen molar-refractivity contribution in [3.63, 3.8) is 0 Å². The lowest BCUT2D eigenvalue weighted by atomic mass is 10.5. The van der Waals surface area contributed by atoms with Crippen LogP contribution < -0.4 is 0 Å². The van der Waals surface area contributed by atoms with E-state index in [1.807, 2.05) is 0 Å². The Morgan fingerprint density at radius 2 is 2.12 bits per heavy atom. The zero-order chi connectivity index (χ0) is 6.24. The average Bonchev–Trinajstić information content (AvgIpc) is 1.81. The minimum absolute atomic E-state index is 0.779. The Labute approximate surface area is 63.7 Å². The fraction of sp³-hybridized carbons (Fsp3) is 1.00. The molecule has 0 radical (unpaired) electrons. The summed E-state index contributed by atoms with van der Waals surface area (Å²) in [5.41, 5.74) is 0. The molecule has 0 amide bonds. The molecule has 0 aromatic carbocycles. The van der Waals surface area contributed by atoms with E-state index in [9.17, 15) is 0 Å². The van der Waals surface area contributed by atoms with Crippen LogP contribution in [-0.4, -0.2) is 24.9 Å². The first kappa shape index (κ1) is 8.65. The van der Waals surface area contributed by atoms with Crippen molar-refractivity contribution in [2.45, 2.75) is 6.42 Å². The van der Waals surface area contributed by atoms with Crippen molar-refractivity contribution in [3.05, 3.63) is 0 Å². The van der Waals surface area contributed by atoms with Gasteiger partial charge in [-0.2, -0.15) is 0 Å². The van der Waals surface area contributed by atoms with E-state index in [-0.39, 0.29) is 0 Å². The van der Waals surface area contributed by atoms with Gasteiger partial charge in [-0.25, -0.2) is 0 Å². The number of rotatable bonds is 5. The number of hydrogen-bond acceptors (Lipinski definition) is 2. The van der Waals surface area contributed by atoms with E-state index in [0.29, 0.717) is 0 Å². The van der Waals surface area contributed by atoms with Crippen LogP contribution in [0.1, 0.15) is 6.42 Å². The minimum atomic E-state index is 0.779. The first-order chi connectivity index (χ1) is 3.91. The van der Waals surface area contributed by atoms with Gasteiger partial charge in [0, 0.05) is 20.3 Å². The molecule has 0 atom stereocenters. The van der Waals surface area contributed by atoms with Crippen molar-refractivity contribution < 1.29 is 9.47 Å². The lowest BCUT2D eigenvalue weighted by Crippen LogP contribution is -1.96. The second kappa shape index (κ2) is 7.65. The van der Waals surface area contributed by atoms with Crippen LogP contribution >= 0.6 is 22.6 Å². The maximum Gasteiger partial charge on any atom is 0.0979 e. The predicted molar refractivity (Wildman–Crippen MR) is 41.3 cm³/mol. The molecule has 0 N–H and O–H groups in total. The molecular formula is C5H11IO2. The molecule has 2 nitrogen and oxygen atoms in total. The largest absolute Gasteiger partial charge is 0.385 e. The smallest absolute Gasteiger partial charge is 0.0979 e. The third-order valence-electron chi connectivity index (χ3n) is 0.714. The summed E-state index contributed by atoms with van der Waals surface area (Å²) in [7, 11) is 1.70. The van der Waals surface area contributed by atoms with Gasteiger partial charge in [0.05, 0.1) is 4.61 Å². The molecule has 0 aliphatic heterocycles. The van der Waals surface area contributed by atoms with Crippen molar-refractivity contribution in [2.75, 3.05) is 24.9 Å². The lowest BCUT2D eigenvalue weighted by Gasteiger charge is -1.97. The molecule has 50 valence electrons. The lowest BCUT2D eigenvalue weighted by molar-refractivity contribution is 0.135. The summed E-state index contributed by atoms with van der Waals surface area (Å²) in [5.74, 6) is 0. The van der Waals surface area contributed by atoms with E-state index in [4.69, 9.17) is 9.47 Å². The molecule has 0 rings (SSSR count). The van der Waals surface area contributed by atoms with Gasteiger partial charge in [-0.3, -0.25) is 0 Å². The molecular weight excluding hydrogens is 219 g/mol. The molecule has 0 bridgehead atoms. The maximum atomic E-state index is 5.04. The zero-order valence-electron chi connectivity index (χ0n) is 5.02. The van der Waals surface area contributed by atoms with E-state index >= 15 is 0 Å². The van der Waals surface area contributed by atoms with Gasteiger partial charge in [-0.05, 0) is 6.42 Å². The van der Waals surface area contributed by atoms with Crippen molar-refractivity contribution in [1.82, 2.24) is 0 Å². The van der Waals surface area contributed by atoms with Crippen LogP contribution in [0.5, 0.6) is 0 Å². The molecule has 8 heavy (non-hydrogen) atoms. The molecule has 0 heterocycles. The van der Waals surface area contributed by atoms with Gasteiger partial charge in [0.2, 0.25) is 0 Å². The molecule has 0 aromatic rings. The molecule has 0 unspecified atom stereocenters. The summed E-state index contributed by atoms with van der Waals surface area (Å²) in [6.07, 6.45) is 1.000. The Balaban J connectivity index is 2.53. The van der Waals surface area contributed by atoms with E-state index < -0.39 is 0 Å². The monoisotopic (exact) mass is 230 g/mol. The number of alkyl halides is 1. The van der Waals surface area contributed by atoms with Crippen molar-refractivity contribution in [2.24, 2.45) is 0 Å². The normalized spacial score (nSPS) is 9.75. The Morgan fingerprint density at radius 3 is 2.62 bits per heavy atom. The molecule has 0 saturated carbocycles. The topological polar surface area (TPSA) is 18.5 Å². The Hall–Kier alpha value is 0.650. The van der Waals surface area contributed by atoms with Crippen molar-refractivity contribution in [1.29, 1.82) is 0 Å². The van der Waals surface area contributed by atoms with Crippen LogP contribution in [0.2, 0.25) is 0 Å². The van der Waals surface area contributed by atoms with Crippen molar-refractivity contribution in [3.8, 4) is 0 Å². The first-order valence-electron chi connectivity index (χ1n) is 2.54. The minimum Gasteiger partial charge on any atom is -0.385 e. The molecule has 0 saturated heterocycles. The van der Waals surface area contributed by atoms with Crippen LogP contribution in [0.25, 0.3) is 0 Å². The van der Waals surface area contributed by atoms with E-state index in [0.717, 1.165) is 24.2 Å². The average molecular weight is 230 g/mol. The van der Waals surface area contributed by atoms with Gasteiger partial charge >= 0.3 is 0 Å². The summed E-state index contributed by atoms with van der Waals surface area (Å²) >= 11 is 2.18. The zero-order valence-corrected chi connectivity index (χ0v) is 7.18. The van der Waals surface area contributed by atoms with Crippen LogP contribution in [0.3, 0.4) is 0 Å². The fourth-order valence-corrected chi connectivity index (χ4v) is 0.671. The Kier molecular flexibility index (Phi) is 8.27. The summed E-state index contributed by atoms with van der Waals surface area (Å²) in [6.45, 7) is 1.62. The third-order valence-corrected chi connectivity index (χ3v) is 1.15. The summed E-state index contributed by atoms with van der Waals surface area (Å²) < 4.78 is 10.6. The Morgan fingerprint density at radius 1 is 1.38 bits per heavy atom. The highest BCUT2D eigenvalue weighted by Crippen LogP contribution is 1.86. The number of hydrogen-bond donors (Lipinski definition) is 0. The summed E-state index contributed by atoms with van der Waals surface area (Å²) in [5, 5.41) is 0. The SMILES string of the molecule is COCCCOCI. The van der Waals surface area contributed by atoms with E-state index in [1.54, 1.807) is 7.11 Å². The fourth-order valence-electron chi connectivity index (χ4n) is 0.360. The summed E-state index contributed by atoms with van der Waals surface area (Å²) in [6, 6.07) is 0. The van der Waals surface area contributed by atoms with Gasteiger partial charge in [-0.15, -0.1) is 0 Å². The van der Waals surface area contributed by atoms with Crippen LogP contribution in [0.15, 0.2) is 0 Å². The molecule has 3 heteroatoms. The van der Waals surface area contributed by atoms with Gasteiger partial charge in [-0.1, -0.05) is 22.6 Å². The number of ether oxygens (including phenoxy) is 2. The number of halogens is 1. The van der Waals surface area contributed by atoms with Gasteiger partial charge < -0.3 is 9.47 Å². The highest BCUT2D eigenvalue weighted by Gasteiger charge is 1.83. The van der Waals surface area contributed by atoms with E-state index in [2.05, 4.69) is 22.6 Å². The quantitative estimate of drug-likeness (QED) is 0.404. The van der Waals surface area contributed by atoms with Crippen LogP contribution in [0.4, 0.5) is 0 Å². The highest BCUT2D eigenvalue weighted by atomic mass is 127.